The maximum atomic E-state index is 11.6. The lowest BCUT2D eigenvalue weighted by Crippen LogP contribution is -2.10. The second-order valence-corrected chi connectivity index (χ2v) is 3.92. The average molecular weight is 252 g/mol. The number of carbonyl (C=O) groups excluding carboxylic acids is 1. The molecular weight excluding hydrogens is 232 g/mol. The van der Waals surface area contributed by atoms with Crippen LogP contribution < -0.4 is 11.1 Å². The smallest absolute Gasteiger partial charge is 0.340 e. The molecule has 0 unspecified atom stereocenters. The van der Waals surface area contributed by atoms with Crippen LogP contribution in [0.1, 0.15) is 23.2 Å². The molecule has 0 fully saturated rings. The highest BCUT2D eigenvalue weighted by Crippen LogP contribution is 2.19. The summed E-state index contributed by atoms with van der Waals surface area (Å²) in [6.45, 7) is 1.52. The molecule has 0 bridgehead atoms. The van der Waals surface area contributed by atoms with Crippen molar-refractivity contribution in [1.29, 1.82) is 0 Å². The first-order chi connectivity index (χ1) is 8.69. The lowest BCUT2D eigenvalue weighted by molar-refractivity contribution is 0.0602. The summed E-state index contributed by atoms with van der Waals surface area (Å²) in [5.41, 5.74) is 7.41. The molecule has 100 valence electrons. The fourth-order valence-electron chi connectivity index (χ4n) is 1.59. The van der Waals surface area contributed by atoms with Crippen LogP contribution in [-0.2, 0) is 9.47 Å². The van der Waals surface area contributed by atoms with Crippen LogP contribution in [-0.4, -0.2) is 33.3 Å². The highest BCUT2D eigenvalue weighted by Gasteiger charge is 2.11. The second kappa shape index (κ2) is 7.55. The summed E-state index contributed by atoms with van der Waals surface area (Å²) in [6, 6.07) is 5.16. The van der Waals surface area contributed by atoms with E-state index in [1.165, 1.54) is 7.11 Å². The Hall–Kier alpha value is -1.75. The van der Waals surface area contributed by atoms with Crippen molar-refractivity contribution in [3.05, 3.63) is 23.8 Å². The molecule has 1 aromatic carbocycles. The Bertz CT molecular complexity index is 394. The Balaban J connectivity index is 2.61. The standard InChI is InChI=1S/C13H20N2O3/c1-17-8-4-3-7-15-12-6-5-10(14)9-11(12)13(16)18-2/h5-6,9,15H,3-4,7-8,14H2,1-2H3. The largest absolute Gasteiger partial charge is 0.465 e. The zero-order chi connectivity index (χ0) is 13.4. The average Bonchev–Trinajstić information content (AvgIpc) is 2.39. The number of rotatable bonds is 7. The minimum Gasteiger partial charge on any atom is -0.465 e. The number of methoxy groups -OCH3 is 2. The Morgan fingerprint density at radius 2 is 2.11 bits per heavy atom. The van der Waals surface area contributed by atoms with E-state index in [0.717, 1.165) is 31.7 Å². The van der Waals surface area contributed by atoms with Crippen molar-refractivity contribution in [1.82, 2.24) is 0 Å². The number of carbonyl (C=O) groups is 1. The summed E-state index contributed by atoms with van der Waals surface area (Å²) >= 11 is 0. The van der Waals surface area contributed by atoms with Gasteiger partial charge in [-0.15, -0.1) is 0 Å². The summed E-state index contributed by atoms with van der Waals surface area (Å²) in [7, 11) is 3.04. The zero-order valence-corrected chi connectivity index (χ0v) is 10.9. The van der Waals surface area contributed by atoms with Crippen LogP contribution in [0, 0.1) is 0 Å². The van der Waals surface area contributed by atoms with Gasteiger partial charge in [0, 0.05) is 31.6 Å². The van der Waals surface area contributed by atoms with E-state index in [4.69, 9.17) is 15.2 Å². The summed E-state index contributed by atoms with van der Waals surface area (Å²) in [6.07, 6.45) is 1.95. The molecule has 1 rings (SSSR count). The fraction of sp³-hybridized carbons (Fsp3) is 0.462. The first kappa shape index (κ1) is 14.3. The van der Waals surface area contributed by atoms with Gasteiger partial charge in [0.1, 0.15) is 0 Å². The van der Waals surface area contributed by atoms with Crippen molar-refractivity contribution in [2.45, 2.75) is 12.8 Å². The Kier molecular flexibility index (Phi) is 6.00. The molecule has 0 amide bonds. The number of esters is 1. The third kappa shape index (κ3) is 4.25. The van der Waals surface area contributed by atoms with Crippen molar-refractivity contribution >= 4 is 17.3 Å². The summed E-state index contributed by atoms with van der Waals surface area (Å²) < 4.78 is 9.69. The van der Waals surface area contributed by atoms with Crippen LogP contribution in [0.4, 0.5) is 11.4 Å². The van der Waals surface area contributed by atoms with Crippen molar-refractivity contribution in [2.75, 3.05) is 38.4 Å². The topological polar surface area (TPSA) is 73.6 Å². The molecular formula is C13H20N2O3. The number of anilines is 2. The first-order valence-electron chi connectivity index (χ1n) is 5.89. The highest BCUT2D eigenvalue weighted by atomic mass is 16.5. The predicted octanol–water partition coefficient (Wildman–Crippen LogP) is 1.89. The number of unbranched alkanes of at least 4 members (excludes halogenated alkanes) is 1. The quantitative estimate of drug-likeness (QED) is 0.440. The molecule has 0 aliphatic heterocycles. The van der Waals surface area contributed by atoms with E-state index in [1.54, 1.807) is 25.3 Å². The first-order valence-corrected chi connectivity index (χ1v) is 5.89. The van der Waals surface area contributed by atoms with E-state index in [-0.39, 0.29) is 5.97 Å². The van der Waals surface area contributed by atoms with Crippen LogP contribution in [0.3, 0.4) is 0 Å². The van der Waals surface area contributed by atoms with Crippen molar-refractivity contribution in [2.24, 2.45) is 0 Å². The summed E-state index contributed by atoms with van der Waals surface area (Å²) in [4.78, 5) is 11.6. The Morgan fingerprint density at radius 3 is 2.78 bits per heavy atom. The van der Waals surface area contributed by atoms with Gasteiger partial charge in [-0.2, -0.15) is 0 Å². The molecule has 18 heavy (non-hydrogen) atoms. The molecule has 0 spiro atoms. The zero-order valence-electron chi connectivity index (χ0n) is 10.9. The van der Waals surface area contributed by atoms with E-state index in [2.05, 4.69) is 5.32 Å². The van der Waals surface area contributed by atoms with Gasteiger partial charge >= 0.3 is 5.97 Å². The maximum Gasteiger partial charge on any atom is 0.340 e. The molecule has 0 radical (unpaired) electrons. The number of ether oxygens (including phenoxy) is 2. The number of nitrogens with two attached hydrogens (primary N) is 1. The molecule has 5 nitrogen and oxygen atoms in total. The molecule has 0 saturated carbocycles. The van der Waals surface area contributed by atoms with E-state index in [1.807, 2.05) is 0 Å². The van der Waals surface area contributed by atoms with Gasteiger partial charge in [-0.1, -0.05) is 0 Å². The normalized spacial score (nSPS) is 10.1. The van der Waals surface area contributed by atoms with Crippen LogP contribution in [0.25, 0.3) is 0 Å². The minimum absolute atomic E-state index is 0.387. The van der Waals surface area contributed by atoms with E-state index < -0.39 is 0 Å². The molecule has 5 heteroatoms. The molecule has 1 aromatic rings. The molecule has 0 saturated heterocycles. The van der Waals surface area contributed by atoms with E-state index >= 15 is 0 Å². The van der Waals surface area contributed by atoms with Crippen molar-refractivity contribution in [3.63, 3.8) is 0 Å². The number of nitrogen functional groups attached to an aromatic ring is 1. The van der Waals surface area contributed by atoms with Gasteiger partial charge in [-0.05, 0) is 31.0 Å². The monoisotopic (exact) mass is 252 g/mol. The number of benzene rings is 1. The van der Waals surface area contributed by atoms with Crippen LogP contribution in [0.15, 0.2) is 18.2 Å². The summed E-state index contributed by atoms with van der Waals surface area (Å²) in [5.74, 6) is -0.387. The molecule has 0 heterocycles. The molecule has 0 aromatic heterocycles. The fourth-order valence-corrected chi connectivity index (χ4v) is 1.59. The minimum atomic E-state index is -0.387. The van der Waals surface area contributed by atoms with Gasteiger partial charge in [0.25, 0.3) is 0 Å². The number of hydrogen-bond donors (Lipinski definition) is 2. The van der Waals surface area contributed by atoms with Gasteiger partial charge in [0.15, 0.2) is 0 Å². The maximum absolute atomic E-state index is 11.6. The lowest BCUT2D eigenvalue weighted by atomic mass is 10.1. The Morgan fingerprint density at radius 1 is 1.33 bits per heavy atom. The molecule has 3 N–H and O–H groups in total. The molecule has 0 aliphatic rings. The highest BCUT2D eigenvalue weighted by molar-refractivity contribution is 5.96. The van der Waals surface area contributed by atoms with Gasteiger partial charge < -0.3 is 20.5 Å². The van der Waals surface area contributed by atoms with Gasteiger partial charge in [-0.25, -0.2) is 4.79 Å². The van der Waals surface area contributed by atoms with Crippen LogP contribution >= 0.6 is 0 Å². The molecule has 0 atom stereocenters. The molecule has 0 aliphatic carbocycles. The van der Waals surface area contributed by atoms with Crippen LogP contribution in [0.2, 0.25) is 0 Å². The third-order valence-electron chi connectivity index (χ3n) is 2.54. The van der Waals surface area contributed by atoms with E-state index in [9.17, 15) is 4.79 Å². The van der Waals surface area contributed by atoms with E-state index in [0.29, 0.717) is 11.3 Å². The number of nitrogens with one attached hydrogen (secondary N) is 1. The predicted molar refractivity (Wildman–Crippen MR) is 71.8 cm³/mol. The Labute approximate surface area is 107 Å². The third-order valence-corrected chi connectivity index (χ3v) is 2.54. The van der Waals surface area contributed by atoms with Crippen molar-refractivity contribution in [3.8, 4) is 0 Å². The summed E-state index contributed by atoms with van der Waals surface area (Å²) in [5, 5.41) is 3.20. The van der Waals surface area contributed by atoms with Gasteiger partial charge in [0.2, 0.25) is 0 Å². The second-order valence-electron chi connectivity index (χ2n) is 3.92. The van der Waals surface area contributed by atoms with Gasteiger partial charge in [-0.3, -0.25) is 0 Å². The van der Waals surface area contributed by atoms with Crippen molar-refractivity contribution < 1.29 is 14.3 Å². The number of hydrogen-bond acceptors (Lipinski definition) is 5. The van der Waals surface area contributed by atoms with Gasteiger partial charge in [0.05, 0.1) is 12.7 Å². The SMILES string of the molecule is COCCCCNc1ccc(N)cc1C(=O)OC. The lowest BCUT2D eigenvalue weighted by Gasteiger charge is -2.11. The van der Waals surface area contributed by atoms with Crippen LogP contribution in [0.5, 0.6) is 0 Å².